The van der Waals surface area contributed by atoms with Gasteiger partial charge in [0.05, 0.1) is 9.83 Å². The summed E-state index contributed by atoms with van der Waals surface area (Å²) >= 11 is 6.94. The van der Waals surface area contributed by atoms with Crippen molar-refractivity contribution in [2.45, 2.75) is 13.0 Å². The Balaban J connectivity index is 0.00000112. The minimum Gasteiger partial charge on any atom is -0.319 e. The van der Waals surface area contributed by atoms with E-state index in [-0.39, 0.29) is 18.4 Å². The predicted octanol–water partition coefficient (Wildman–Crippen LogP) is 4.35. The lowest BCUT2D eigenvalue weighted by Crippen LogP contribution is -2.07. The molecule has 2 aromatic rings. The monoisotopic (exact) mass is 323 g/mol. The smallest absolute Gasteiger partial charge is 0.0740 e. The summed E-state index contributed by atoms with van der Waals surface area (Å²) in [6.07, 6.45) is 0. The largest absolute Gasteiger partial charge is 0.319 e. The molecule has 15 heavy (non-hydrogen) atoms. The highest BCUT2D eigenvalue weighted by Gasteiger charge is 2.13. The first-order valence-electron chi connectivity index (χ1n) is 4.23. The van der Waals surface area contributed by atoms with Gasteiger partial charge < -0.3 is 5.73 Å². The summed E-state index contributed by atoms with van der Waals surface area (Å²) in [4.78, 5) is 2.44. The first-order valence-corrected chi connectivity index (χ1v) is 6.72. The summed E-state index contributed by atoms with van der Waals surface area (Å²) in [5.74, 6) is 0. The highest BCUT2D eigenvalue weighted by atomic mass is 79.9. The van der Waals surface area contributed by atoms with Crippen LogP contribution in [0.2, 0.25) is 0 Å². The maximum absolute atomic E-state index is 6.14. The third kappa shape index (κ3) is 2.82. The third-order valence-corrected chi connectivity index (χ3v) is 5.21. The van der Waals surface area contributed by atoms with E-state index in [1.54, 1.807) is 22.7 Å². The lowest BCUT2D eigenvalue weighted by atomic mass is 10.2. The molecule has 0 unspecified atom stereocenters. The van der Waals surface area contributed by atoms with Gasteiger partial charge in [0.25, 0.3) is 0 Å². The summed E-state index contributed by atoms with van der Waals surface area (Å²) in [5, 5.41) is 2.06. The van der Waals surface area contributed by atoms with Crippen molar-refractivity contribution in [3.05, 3.63) is 42.7 Å². The molecule has 2 heterocycles. The van der Waals surface area contributed by atoms with Gasteiger partial charge in [0.15, 0.2) is 0 Å². The average Bonchev–Trinajstić information content (AvgIpc) is 2.76. The Morgan fingerprint density at radius 3 is 2.60 bits per heavy atom. The summed E-state index contributed by atoms with van der Waals surface area (Å²) in [6, 6.07) is 6.30. The first kappa shape index (κ1) is 13.2. The SMILES string of the molecule is Cc1cc([C@@H](N)c2cccs2)sc1Br.Cl. The van der Waals surface area contributed by atoms with E-state index in [9.17, 15) is 0 Å². The Morgan fingerprint density at radius 1 is 1.40 bits per heavy atom. The zero-order chi connectivity index (χ0) is 10.1. The fourth-order valence-corrected chi connectivity index (χ4v) is 3.66. The second kappa shape index (κ2) is 5.46. The molecule has 1 nitrogen and oxygen atoms in total. The van der Waals surface area contributed by atoms with Crippen molar-refractivity contribution in [2.75, 3.05) is 0 Å². The van der Waals surface area contributed by atoms with Crippen molar-refractivity contribution in [3.8, 4) is 0 Å². The van der Waals surface area contributed by atoms with Crippen molar-refractivity contribution in [1.82, 2.24) is 0 Å². The van der Waals surface area contributed by atoms with Gasteiger partial charge in [-0.25, -0.2) is 0 Å². The zero-order valence-electron chi connectivity index (χ0n) is 8.07. The molecule has 0 aromatic carbocycles. The van der Waals surface area contributed by atoms with Gasteiger partial charge in [-0.3, -0.25) is 0 Å². The second-order valence-corrected chi connectivity index (χ2v) is 6.48. The molecule has 5 heteroatoms. The molecule has 0 bridgehead atoms. The molecular weight excluding hydrogens is 314 g/mol. The number of thiophene rings is 2. The van der Waals surface area contributed by atoms with Crippen molar-refractivity contribution >= 4 is 51.0 Å². The van der Waals surface area contributed by atoms with Crippen molar-refractivity contribution in [1.29, 1.82) is 0 Å². The van der Waals surface area contributed by atoms with Crippen LogP contribution in [-0.2, 0) is 0 Å². The quantitative estimate of drug-likeness (QED) is 0.873. The fraction of sp³-hybridized carbons (Fsp3) is 0.200. The number of hydrogen-bond acceptors (Lipinski definition) is 3. The Morgan fingerprint density at radius 2 is 2.13 bits per heavy atom. The molecule has 0 saturated carbocycles. The van der Waals surface area contributed by atoms with Gasteiger partial charge in [0.2, 0.25) is 0 Å². The average molecular weight is 325 g/mol. The lowest BCUT2D eigenvalue weighted by molar-refractivity contribution is 0.916. The van der Waals surface area contributed by atoms with E-state index < -0.39 is 0 Å². The van der Waals surface area contributed by atoms with E-state index in [1.807, 2.05) is 6.07 Å². The molecule has 0 aliphatic carbocycles. The molecule has 0 aliphatic heterocycles. The van der Waals surface area contributed by atoms with Crippen molar-refractivity contribution in [2.24, 2.45) is 5.73 Å². The van der Waals surface area contributed by atoms with E-state index in [4.69, 9.17) is 5.73 Å². The summed E-state index contributed by atoms with van der Waals surface area (Å²) in [7, 11) is 0. The molecule has 2 N–H and O–H groups in total. The van der Waals surface area contributed by atoms with Crippen LogP contribution in [0.25, 0.3) is 0 Å². The van der Waals surface area contributed by atoms with Crippen LogP contribution in [0.4, 0.5) is 0 Å². The van der Waals surface area contributed by atoms with Gasteiger partial charge in [-0.05, 0) is 45.9 Å². The molecule has 2 rings (SSSR count). The van der Waals surface area contributed by atoms with Gasteiger partial charge in [-0.15, -0.1) is 35.1 Å². The fourth-order valence-electron chi connectivity index (χ4n) is 1.25. The predicted molar refractivity (Wildman–Crippen MR) is 74.4 cm³/mol. The van der Waals surface area contributed by atoms with E-state index >= 15 is 0 Å². The van der Waals surface area contributed by atoms with Crippen LogP contribution in [0.1, 0.15) is 21.4 Å². The summed E-state index contributed by atoms with van der Waals surface area (Å²) in [5.41, 5.74) is 7.40. The number of hydrogen-bond donors (Lipinski definition) is 1. The van der Waals surface area contributed by atoms with Crippen LogP contribution in [0.15, 0.2) is 27.4 Å². The normalized spacial score (nSPS) is 12.2. The van der Waals surface area contributed by atoms with Crippen LogP contribution < -0.4 is 5.73 Å². The highest BCUT2D eigenvalue weighted by molar-refractivity contribution is 9.11. The summed E-state index contributed by atoms with van der Waals surface area (Å²) in [6.45, 7) is 2.09. The molecule has 0 saturated heterocycles. The van der Waals surface area contributed by atoms with E-state index in [0.717, 1.165) is 0 Å². The Kier molecular flexibility index (Phi) is 4.80. The molecule has 0 spiro atoms. The van der Waals surface area contributed by atoms with Gasteiger partial charge in [-0.1, -0.05) is 6.07 Å². The van der Waals surface area contributed by atoms with Gasteiger partial charge in [0.1, 0.15) is 0 Å². The molecular formula is C10H11BrClNS2. The maximum atomic E-state index is 6.14. The van der Waals surface area contributed by atoms with Gasteiger partial charge in [-0.2, -0.15) is 0 Å². The minimum atomic E-state index is 0. The lowest BCUT2D eigenvalue weighted by Gasteiger charge is -2.05. The van der Waals surface area contributed by atoms with Crippen LogP contribution in [0.3, 0.4) is 0 Å². The molecule has 0 fully saturated rings. The van der Waals surface area contributed by atoms with E-state index in [0.29, 0.717) is 0 Å². The van der Waals surface area contributed by atoms with Crippen LogP contribution in [0, 0.1) is 6.92 Å². The number of aryl methyl sites for hydroxylation is 1. The molecule has 2 aromatic heterocycles. The Hall–Kier alpha value is 0.130. The molecule has 0 amide bonds. The minimum absolute atomic E-state index is 0. The van der Waals surface area contributed by atoms with Crippen LogP contribution in [-0.4, -0.2) is 0 Å². The van der Waals surface area contributed by atoms with E-state index in [1.165, 1.54) is 19.1 Å². The number of halogens is 2. The van der Waals surface area contributed by atoms with Crippen LogP contribution >= 0.6 is 51.0 Å². The number of rotatable bonds is 2. The van der Waals surface area contributed by atoms with Crippen molar-refractivity contribution < 1.29 is 0 Å². The standard InChI is InChI=1S/C10H10BrNS2.ClH/c1-6-5-8(14-10(6)11)9(12)7-3-2-4-13-7;/h2-5,9H,12H2,1H3;1H/t9-;/m0./s1. The summed E-state index contributed by atoms with van der Waals surface area (Å²) < 4.78 is 1.18. The second-order valence-electron chi connectivity index (χ2n) is 3.10. The number of nitrogens with two attached hydrogens (primary N) is 1. The topological polar surface area (TPSA) is 26.0 Å². The van der Waals surface area contributed by atoms with Crippen LogP contribution in [0.5, 0.6) is 0 Å². The highest BCUT2D eigenvalue weighted by Crippen LogP contribution is 2.34. The third-order valence-electron chi connectivity index (χ3n) is 2.03. The van der Waals surface area contributed by atoms with Gasteiger partial charge >= 0.3 is 0 Å². The van der Waals surface area contributed by atoms with E-state index in [2.05, 4.69) is 40.4 Å². The van der Waals surface area contributed by atoms with Gasteiger partial charge in [0, 0.05) is 9.75 Å². The maximum Gasteiger partial charge on any atom is 0.0740 e. The molecule has 82 valence electrons. The molecule has 0 radical (unpaired) electrons. The molecule has 1 atom stereocenters. The van der Waals surface area contributed by atoms with Crippen molar-refractivity contribution in [3.63, 3.8) is 0 Å². The first-order chi connectivity index (χ1) is 6.68. The molecule has 0 aliphatic rings. The Labute approximate surface area is 112 Å². The Bertz CT molecular complexity index is 405. The zero-order valence-corrected chi connectivity index (χ0v) is 12.1.